The third-order valence-electron chi connectivity index (χ3n) is 4.03. The molecule has 2 aromatic rings. The van der Waals surface area contributed by atoms with E-state index in [2.05, 4.69) is 4.99 Å². The number of aliphatic imine (C=N–C) groups is 1. The van der Waals surface area contributed by atoms with Gasteiger partial charge in [0.05, 0.1) is 17.9 Å². The molecule has 1 heterocycles. The summed E-state index contributed by atoms with van der Waals surface area (Å²) in [5.41, 5.74) is 3.03. The van der Waals surface area contributed by atoms with Gasteiger partial charge in [-0.1, -0.05) is 53.7 Å². The van der Waals surface area contributed by atoms with Gasteiger partial charge >= 0.3 is 0 Å². The summed E-state index contributed by atoms with van der Waals surface area (Å²) in [6, 6.07) is 14.5. The lowest BCUT2D eigenvalue weighted by molar-refractivity contribution is -0.384. The normalized spacial score (nSPS) is 13.6. The Morgan fingerprint density at radius 2 is 2.00 bits per heavy atom. The Labute approximate surface area is 156 Å². The second-order valence-corrected chi connectivity index (χ2v) is 7.03. The number of nitrogens with zero attached hydrogens (tertiary/aromatic N) is 3. The lowest BCUT2D eigenvalue weighted by Crippen LogP contribution is -2.34. The Morgan fingerprint density at radius 1 is 1.23 bits per heavy atom. The summed E-state index contributed by atoms with van der Waals surface area (Å²) in [5.74, 6) is 0.563. The number of aryl methyl sites for hydroxylation is 1. The fourth-order valence-electron chi connectivity index (χ4n) is 2.78. The maximum atomic E-state index is 12.6. The van der Waals surface area contributed by atoms with E-state index in [-0.39, 0.29) is 11.6 Å². The van der Waals surface area contributed by atoms with Gasteiger partial charge in [-0.3, -0.25) is 24.8 Å². The van der Waals surface area contributed by atoms with Crippen LogP contribution in [-0.2, 0) is 17.0 Å². The number of benzene rings is 2. The summed E-state index contributed by atoms with van der Waals surface area (Å²) in [7, 11) is 0. The summed E-state index contributed by atoms with van der Waals surface area (Å²) < 4.78 is 0. The molecule has 0 radical (unpaired) electrons. The highest BCUT2D eigenvalue weighted by molar-refractivity contribution is 8.13. The smallest absolute Gasteiger partial charge is 0.269 e. The lowest BCUT2D eigenvalue weighted by Gasteiger charge is -2.18. The van der Waals surface area contributed by atoms with Crippen molar-refractivity contribution >= 4 is 28.5 Å². The number of hydrogen-bond acceptors (Lipinski definition) is 5. The van der Waals surface area contributed by atoms with E-state index in [1.54, 1.807) is 17.0 Å². The van der Waals surface area contributed by atoms with Crippen LogP contribution in [0.1, 0.15) is 16.7 Å². The van der Waals surface area contributed by atoms with Crippen LogP contribution in [0.3, 0.4) is 0 Å². The molecular weight excluding hydrogens is 350 g/mol. The molecule has 0 bridgehead atoms. The monoisotopic (exact) mass is 369 g/mol. The molecule has 0 unspecified atom stereocenters. The number of non-ortho nitro benzene ring substituents is 1. The second-order valence-electron chi connectivity index (χ2n) is 6.09. The molecule has 134 valence electrons. The van der Waals surface area contributed by atoms with Crippen LogP contribution in [0.5, 0.6) is 0 Å². The number of nitro benzene ring substituents is 1. The summed E-state index contributed by atoms with van der Waals surface area (Å²) in [6.45, 7) is 3.18. The van der Waals surface area contributed by atoms with Crippen molar-refractivity contribution in [2.45, 2.75) is 19.1 Å². The van der Waals surface area contributed by atoms with Crippen molar-refractivity contribution < 1.29 is 9.72 Å². The van der Waals surface area contributed by atoms with Gasteiger partial charge in [0.15, 0.2) is 5.17 Å². The summed E-state index contributed by atoms with van der Waals surface area (Å²) in [4.78, 5) is 29.2. The predicted molar refractivity (Wildman–Crippen MR) is 103 cm³/mol. The number of amides is 1. The molecule has 0 atom stereocenters. The van der Waals surface area contributed by atoms with Crippen molar-refractivity contribution in [1.82, 2.24) is 4.90 Å². The molecule has 2 aromatic carbocycles. The zero-order chi connectivity index (χ0) is 18.5. The Bertz CT molecular complexity index is 867. The fourth-order valence-corrected chi connectivity index (χ4v) is 3.79. The standard InChI is InChI=1S/C19H19N3O3S/c1-14-4-2-5-15(10-14)12-18(23)21-9-8-20-19(21)26-13-16-6-3-7-17(11-16)22(24)25/h2-7,10-11H,8-9,12-13H2,1H3. The van der Waals surface area contributed by atoms with Gasteiger partial charge in [-0.15, -0.1) is 0 Å². The average Bonchev–Trinajstić information content (AvgIpc) is 3.09. The molecule has 0 fully saturated rings. The molecule has 0 N–H and O–H groups in total. The van der Waals surface area contributed by atoms with E-state index in [4.69, 9.17) is 0 Å². The summed E-state index contributed by atoms with van der Waals surface area (Å²) in [6.07, 6.45) is 0.345. The van der Waals surface area contributed by atoms with E-state index in [0.29, 0.717) is 30.4 Å². The Morgan fingerprint density at radius 3 is 2.77 bits per heavy atom. The molecular formula is C19H19N3O3S. The first kappa shape index (κ1) is 18.1. The van der Waals surface area contributed by atoms with E-state index in [0.717, 1.165) is 16.7 Å². The van der Waals surface area contributed by atoms with E-state index in [9.17, 15) is 14.9 Å². The molecule has 0 aliphatic carbocycles. The van der Waals surface area contributed by atoms with Crippen LogP contribution >= 0.6 is 11.8 Å². The Balaban J connectivity index is 1.62. The minimum Gasteiger partial charge on any atom is -0.289 e. The largest absolute Gasteiger partial charge is 0.289 e. The quantitative estimate of drug-likeness (QED) is 0.596. The molecule has 26 heavy (non-hydrogen) atoms. The highest BCUT2D eigenvalue weighted by Crippen LogP contribution is 2.23. The molecule has 0 aromatic heterocycles. The zero-order valence-electron chi connectivity index (χ0n) is 14.4. The van der Waals surface area contributed by atoms with Crippen LogP contribution in [0, 0.1) is 17.0 Å². The molecule has 1 aliphatic rings. The van der Waals surface area contributed by atoms with Crippen molar-refractivity contribution in [3.8, 4) is 0 Å². The number of rotatable bonds is 5. The maximum absolute atomic E-state index is 12.6. The van der Waals surface area contributed by atoms with E-state index < -0.39 is 4.92 Å². The lowest BCUT2D eigenvalue weighted by atomic mass is 10.1. The van der Waals surface area contributed by atoms with Crippen LogP contribution in [0.25, 0.3) is 0 Å². The third kappa shape index (κ3) is 4.49. The van der Waals surface area contributed by atoms with Crippen LogP contribution in [0.4, 0.5) is 5.69 Å². The molecule has 0 saturated carbocycles. The van der Waals surface area contributed by atoms with Gasteiger partial charge in [0, 0.05) is 24.4 Å². The molecule has 6 nitrogen and oxygen atoms in total. The van der Waals surface area contributed by atoms with Crippen LogP contribution in [0.2, 0.25) is 0 Å². The second kappa shape index (κ2) is 8.14. The van der Waals surface area contributed by atoms with Crippen LogP contribution in [-0.4, -0.2) is 34.0 Å². The average molecular weight is 369 g/mol. The van der Waals surface area contributed by atoms with Crippen molar-refractivity contribution in [1.29, 1.82) is 0 Å². The van der Waals surface area contributed by atoms with E-state index >= 15 is 0 Å². The Kier molecular flexibility index (Phi) is 5.68. The summed E-state index contributed by atoms with van der Waals surface area (Å²) in [5, 5.41) is 11.6. The van der Waals surface area contributed by atoms with Gasteiger partial charge in [0.25, 0.3) is 5.69 Å². The first-order chi connectivity index (χ1) is 12.5. The number of carbonyl (C=O) groups excluding carboxylic acids is 1. The highest BCUT2D eigenvalue weighted by Gasteiger charge is 2.24. The first-order valence-electron chi connectivity index (χ1n) is 8.29. The number of carbonyl (C=O) groups is 1. The molecule has 0 spiro atoms. The van der Waals surface area contributed by atoms with Gasteiger partial charge in [-0.25, -0.2) is 0 Å². The van der Waals surface area contributed by atoms with E-state index in [1.807, 2.05) is 37.3 Å². The fraction of sp³-hybridized carbons (Fsp3) is 0.263. The predicted octanol–water partition coefficient (Wildman–Crippen LogP) is 3.58. The van der Waals surface area contributed by atoms with Gasteiger partial charge in [0.2, 0.25) is 5.91 Å². The van der Waals surface area contributed by atoms with Crippen molar-refractivity contribution in [2.24, 2.45) is 4.99 Å². The SMILES string of the molecule is Cc1cccc(CC(=O)N2CCN=C2SCc2cccc([N+](=O)[O-])c2)c1. The first-order valence-corrected chi connectivity index (χ1v) is 9.28. The minimum absolute atomic E-state index is 0.0263. The minimum atomic E-state index is -0.404. The Hall–Kier alpha value is -2.67. The maximum Gasteiger partial charge on any atom is 0.269 e. The summed E-state index contributed by atoms with van der Waals surface area (Å²) >= 11 is 1.44. The molecule has 0 saturated heterocycles. The van der Waals surface area contributed by atoms with E-state index in [1.165, 1.54) is 17.8 Å². The van der Waals surface area contributed by atoms with Gasteiger partial charge in [-0.05, 0) is 18.1 Å². The number of thioether (sulfide) groups is 1. The van der Waals surface area contributed by atoms with Gasteiger partial charge in [-0.2, -0.15) is 0 Å². The topological polar surface area (TPSA) is 75.8 Å². The molecule has 1 aliphatic heterocycles. The number of amidine groups is 1. The molecule has 7 heteroatoms. The molecule has 1 amide bonds. The van der Waals surface area contributed by atoms with Crippen LogP contribution < -0.4 is 0 Å². The van der Waals surface area contributed by atoms with Crippen molar-refractivity contribution in [2.75, 3.05) is 13.1 Å². The third-order valence-corrected chi connectivity index (χ3v) is 5.12. The van der Waals surface area contributed by atoms with Gasteiger partial charge < -0.3 is 0 Å². The highest BCUT2D eigenvalue weighted by atomic mass is 32.2. The van der Waals surface area contributed by atoms with Crippen LogP contribution in [0.15, 0.2) is 53.5 Å². The molecule has 3 rings (SSSR count). The van der Waals surface area contributed by atoms with Crippen molar-refractivity contribution in [3.63, 3.8) is 0 Å². The van der Waals surface area contributed by atoms with Crippen molar-refractivity contribution in [3.05, 3.63) is 75.3 Å². The zero-order valence-corrected chi connectivity index (χ0v) is 15.2. The number of hydrogen-bond donors (Lipinski definition) is 0. The van der Waals surface area contributed by atoms with Gasteiger partial charge in [0.1, 0.15) is 0 Å². The number of nitro groups is 1.